The van der Waals surface area contributed by atoms with Crippen molar-refractivity contribution in [1.29, 1.82) is 0 Å². The Bertz CT molecular complexity index is 420. The van der Waals surface area contributed by atoms with Gasteiger partial charge in [0, 0.05) is 20.4 Å². The molecule has 0 aromatic carbocycles. The monoisotopic (exact) mass is 483 g/mol. The van der Waals surface area contributed by atoms with Gasteiger partial charge in [0.15, 0.2) is 0 Å². The highest BCUT2D eigenvalue weighted by Crippen LogP contribution is 1.89. The van der Waals surface area contributed by atoms with E-state index in [0.717, 1.165) is 0 Å². The molecule has 0 saturated carbocycles. The van der Waals surface area contributed by atoms with Crippen LogP contribution in [0.25, 0.3) is 0 Å². The van der Waals surface area contributed by atoms with Gasteiger partial charge in [-0.15, -0.1) is 0 Å². The predicted octanol–water partition coefficient (Wildman–Crippen LogP) is -0.629. The molecule has 0 fully saturated rings. The third-order valence-corrected chi connectivity index (χ3v) is 3.80. The number of hydrazine groups is 1. The van der Waals surface area contributed by atoms with E-state index in [1.165, 1.54) is 5.01 Å². The van der Waals surface area contributed by atoms with E-state index in [-0.39, 0.29) is 0 Å². The molecule has 0 atom stereocenters. The van der Waals surface area contributed by atoms with Crippen LogP contribution in [0.15, 0.2) is 11.9 Å². The molecule has 0 rings (SSSR count). The molecule has 0 unspecified atom stereocenters. The van der Waals surface area contributed by atoms with Crippen LogP contribution >= 0.6 is 0 Å². The summed E-state index contributed by atoms with van der Waals surface area (Å²) in [6, 6.07) is 0. The molecule has 0 aliphatic heterocycles. The van der Waals surface area contributed by atoms with E-state index in [1.54, 1.807) is 20.4 Å². The van der Waals surface area contributed by atoms with Crippen molar-refractivity contribution in [2.45, 2.75) is 0 Å². The van der Waals surface area contributed by atoms with Crippen molar-refractivity contribution < 1.29 is 42.6 Å². The molecule has 0 radical (unpaired) electrons. The largest absolute Gasteiger partial charge is 0.399 e. The summed E-state index contributed by atoms with van der Waals surface area (Å²) in [7, 11) is 3.22. The number of nitrogens with two attached hydrogens (primary N) is 2. The summed E-state index contributed by atoms with van der Waals surface area (Å²) < 4.78 is 47.6. The summed E-state index contributed by atoms with van der Waals surface area (Å²) in [4.78, 5) is 0. The van der Waals surface area contributed by atoms with Crippen LogP contribution in [0.2, 0.25) is 0 Å². The van der Waals surface area contributed by atoms with Gasteiger partial charge < -0.3 is 53.4 Å². The maximum atomic E-state index is 5.76. The number of hydrogen-bond acceptors (Lipinski definition) is 12. The second-order valence-electron chi connectivity index (χ2n) is 6.65. The number of hydrogen-bond donors (Lipinski definition) is 2. The maximum Gasteiger partial charge on any atom is 0.0871 e. The van der Waals surface area contributed by atoms with Crippen molar-refractivity contribution in [1.82, 2.24) is 5.01 Å². The first-order valence-corrected chi connectivity index (χ1v) is 11.2. The van der Waals surface area contributed by atoms with Crippen molar-refractivity contribution in [3.05, 3.63) is 11.9 Å². The molecular formula is C21H45N3O9. The van der Waals surface area contributed by atoms with E-state index in [9.17, 15) is 0 Å². The SMILES string of the molecule is COCCOCCOCCOCCOCCOCCOCCOCCN(N)/C=C(\N)COC. The van der Waals surface area contributed by atoms with Crippen molar-refractivity contribution in [2.75, 3.05) is 126 Å². The van der Waals surface area contributed by atoms with E-state index >= 15 is 0 Å². The average Bonchev–Trinajstić information content (AvgIpc) is 2.79. The molecule has 12 heteroatoms. The lowest BCUT2D eigenvalue weighted by atomic mass is 10.5. The summed E-state index contributed by atoms with van der Waals surface area (Å²) in [5, 5.41) is 1.47. The highest BCUT2D eigenvalue weighted by atomic mass is 16.6. The van der Waals surface area contributed by atoms with Crippen LogP contribution in [0.4, 0.5) is 0 Å². The van der Waals surface area contributed by atoms with Gasteiger partial charge in [0.2, 0.25) is 0 Å². The van der Waals surface area contributed by atoms with Gasteiger partial charge in [0.05, 0.1) is 118 Å². The van der Waals surface area contributed by atoms with Crippen LogP contribution in [0.3, 0.4) is 0 Å². The fourth-order valence-corrected chi connectivity index (χ4v) is 2.22. The van der Waals surface area contributed by atoms with Crippen LogP contribution in [0.1, 0.15) is 0 Å². The first-order chi connectivity index (χ1) is 16.2. The van der Waals surface area contributed by atoms with Crippen LogP contribution in [-0.2, 0) is 42.6 Å². The molecule has 0 aliphatic rings. The second-order valence-corrected chi connectivity index (χ2v) is 6.65. The lowest BCUT2D eigenvalue weighted by Crippen LogP contribution is -2.31. The van der Waals surface area contributed by atoms with Crippen LogP contribution in [-0.4, -0.2) is 131 Å². The molecule has 0 aromatic heterocycles. The zero-order valence-corrected chi connectivity index (χ0v) is 20.4. The van der Waals surface area contributed by atoms with Gasteiger partial charge in [-0.1, -0.05) is 0 Å². The van der Waals surface area contributed by atoms with E-state index in [4.69, 9.17) is 54.2 Å². The molecule has 0 heterocycles. The van der Waals surface area contributed by atoms with Crippen molar-refractivity contribution in [2.24, 2.45) is 11.6 Å². The Morgan fingerprint density at radius 1 is 0.545 bits per heavy atom. The highest BCUT2D eigenvalue weighted by Gasteiger charge is 1.97. The lowest BCUT2D eigenvalue weighted by molar-refractivity contribution is -0.0223. The van der Waals surface area contributed by atoms with Gasteiger partial charge in [-0.25, -0.2) is 5.84 Å². The molecular weight excluding hydrogens is 438 g/mol. The number of rotatable bonds is 27. The Balaban J connectivity index is 3.14. The molecule has 0 amide bonds. The van der Waals surface area contributed by atoms with Crippen molar-refractivity contribution >= 4 is 0 Å². The first kappa shape index (κ1) is 31.9. The van der Waals surface area contributed by atoms with E-state index < -0.39 is 0 Å². The molecule has 4 N–H and O–H groups in total. The summed E-state index contributed by atoms with van der Waals surface area (Å²) >= 11 is 0. The Morgan fingerprint density at radius 2 is 0.879 bits per heavy atom. The average molecular weight is 484 g/mol. The van der Waals surface area contributed by atoms with Gasteiger partial charge in [-0.05, 0) is 0 Å². The minimum absolute atomic E-state index is 0.342. The first-order valence-electron chi connectivity index (χ1n) is 11.2. The summed E-state index contributed by atoms with van der Waals surface area (Å²) in [5.41, 5.74) is 6.25. The standard InChI is InChI=1S/C21H45N3O9/c1-25-5-6-28-9-10-30-13-14-32-17-18-33-16-15-31-12-11-29-8-7-27-4-3-24(23)19-21(22)20-26-2/h19H,3-18,20,22-23H2,1-2H3/b21-19-. The maximum absolute atomic E-state index is 5.76. The van der Waals surface area contributed by atoms with E-state index in [2.05, 4.69) is 0 Å². The fraction of sp³-hybridized carbons (Fsp3) is 0.905. The molecule has 0 spiro atoms. The highest BCUT2D eigenvalue weighted by molar-refractivity contribution is 4.94. The van der Waals surface area contributed by atoms with E-state index in [1.807, 2.05) is 0 Å². The molecule has 0 aliphatic carbocycles. The van der Waals surface area contributed by atoms with Gasteiger partial charge in [0.1, 0.15) is 0 Å². The minimum Gasteiger partial charge on any atom is -0.399 e. The number of ether oxygens (including phenoxy) is 9. The summed E-state index contributed by atoms with van der Waals surface area (Å²) in [5.74, 6) is 5.76. The Labute approximate surface area is 198 Å². The van der Waals surface area contributed by atoms with Gasteiger partial charge in [-0.3, -0.25) is 0 Å². The molecule has 0 aromatic rings. The minimum atomic E-state index is 0.342. The normalized spacial score (nSPS) is 11.9. The Hall–Kier alpha value is -1.06. The predicted molar refractivity (Wildman–Crippen MR) is 123 cm³/mol. The lowest BCUT2D eigenvalue weighted by Gasteiger charge is -2.15. The van der Waals surface area contributed by atoms with Crippen LogP contribution in [0, 0.1) is 0 Å². The van der Waals surface area contributed by atoms with Gasteiger partial charge in [-0.2, -0.15) is 0 Å². The molecule has 198 valence electrons. The second kappa shape index (κ2) is 27.2. The summed E-state index contributed by atoms with van der Waals surface area (Å²) in [6.07, 6.45) is 1.62. The quantitative estimate of drug-likeness (QED) is 0.0874. The third kappa shape index (κ3) is 27.1. The zero-order chi connectivity index (χ0) is 24.2. The molecule has 0 saturated heterocycles. The topological polar surface area (TPSA) is 138 Å². The number of nitrogens with zero attached hydrogens (tertiary/aromatic N) is 1. The van der Waals surface area contributed by atoms with Crippen LogP contribution in [0.5, 0.6) is 0 Å². The Kier molecular flexibility index (Phi) is 26.3. The molecule has 12 nitrogen and oxygen atoms in total. The van der Waals surface area contributed by atoms with Crippen molar-refractivity contribution in [3.63, 3.8) is 0 Å². The zero-order valence-electron chi connectivity index (χ0n) is 20.4. The van der Waals surface area contributed by atoms with E-state index in [0.29, 0.717) is 118 Å². The fourth-order valence-electron chi connectivity index (χ4n) is 2.22. The smallest absolute Gasteiger partial charge is 0.0871 e. The third-order valence-electron chi connectivity index (χ3n) is 3.80. The van der Waals surface area contributed by atoms with Crippen molar-refractivity contribution in [3.8, 4) is 0 Å². The van der Waals surface area contributed by atoms with Gasteiger partial charge in [0.25, 0.3) is 0 Å². The van der Waals surface area contributed by atoms with Gasteiger partial charge >= 0.3 is 0 Å². The number of methoxy groups -OCH3 is 2. The summed E-state index contributed by atoms with van der Waals surface area (Å²) in [6.45, 7) is 8.76. The van der Waals surface area contributed by atoms with Crippen LogP contribution < -0.4 is 11.6 Å². The molecule has 33 heavy (non-hydrogen) atoms. The molecule has 0 bridgehead atoms. The Morgan fingerprint density at radius 3 is 1.21 bits per heavy atom.